The van der Waals surface area contributed by atoms with Crippen molar-refractivity contribution in [2.45, 2.75) is 26.0 Å². The number of Topliss-reactive ketones (excluding diaryl/α,β-unsaturated/α-hetero) is 1. The second kappa shape index (κ2) is 4.18. The summed E-state index contributed by atoms with van der Waals surface area (Å²) in [6.45, 7) is 5.48. The summed E-state index contributed by atoms with van der Waals surface area (Å²) in [6, 6.07) is 9.90. The molecule has 0 heterocycles. The Morgan fingerprint density at radius 1 is 1.29 bits per heavy atom. The standard InChI is InChI=1S/C12H16OS/c1-9(13)12(2,3)11(14)10-7-5-4-6-8-10/h4-8,11,14H,1-3H3. The lowest BCUT2D eigenvalue weighted by Gasteiger charge is -2.28. The van der Waals surface area contributed by atoms with Gasteiger partial charge in [-0.15, -0.1) is 0 Å². The van der Waals surface area contributed by atoms with Gasteiger partial charge in [0.25, 0.3) is 0 Å². The van der Waals surface area contributed by atoms with Crippen molar-refractivity contribution in [1.29, 1.82) is 0 Å². The average Bonchev–Trinajstić information content (AvgIpc) is 2.17. The molecule has 1 aromatic carbocycles. The van der Waals surface area contributed by atoms with Crippen molar-refractivity contribution < 1.29 is 4.79 Å². The Labute approximate surface area is 90.9 Å². The van der Waals surface area contributed by atoms with E-state index in [1.54, 1.807) is 6.92 Å². The number of thiol groups is 1. The van der Waals surface area contributed by atoms with Crippen LogP contribution in [0.5, 0.6) is 0 Å². The minimum absolute atomic E-state index is 0.0406. The summed E-state index contributed by atoms with van der Waals surface area (Å²) in [5.41, 5.74) is 0.681. The first kappa shape index (κ1) is 11.3. The van der Waals surface area contributed by atoms with Gasteiger partial charge in [-0.1, -0.05) is 44.2 Å². The summed E-state index contributed by atoms with van der Waals surface area (Å²) in [4.78, 5) is 11.4. The predicted octanol–water partition coefficient (Wildman–Crippen LogP) is 3.27. The van der Waals surface area contributed by atoms with Crippen molar-refractivity contribution in [2.24, 2.45) is 5.41 Å². The van der Waals surface area contributed by atoms with Crippen LogP contribution in [0.2, 0.25) is 0 Å². The Morgan fingerprint density at radius 2 is 1.79 bits per heavy atom. The van der Waals surface area contributed by atoms with Crippen molar-refractivity contribution in [3.8, 4) is 0 Å². The molecule has 14 heavy (non-hydrogen) atoms. The van der Waals surface area contributed by atoms with Crippen molar-refractivity contribution >= 4 is 18.4 Å². The highest BCUT2D eigenvalue weighted by atomic mass is 32.1. The highest BCUT2D eigenvalue weighted by Crippen LogP contribution is 2.38. The van der Waals surface area contributed by atoms with Gasteiger partial charge in [-0.3, -0.25) is 4.79 Å². The monoisotopic (exact) mass is 208 g/mol. The summed E-state index contributed by atoms with van der Waals surface area (Å²) >= 11 is 4.52. The van der Waals surface area contributed by atoms with Gasteiger partial charge in [-0.2, -0.15) is 12.6 Å². The fourth-order valence-electron chi connectivity index (χ4n) is 1.24. The van der Waals surface area contributed by atoms with Gasteiger partial charge in [0.2, 0.25) is 0 Å². The maximum absolute atomic E-state index is 11.4. The summed E-state index contributed by atoms with van der Waals surface area (Å²) < 4.78 is 0. The summed E-state index contributed by atoms with van der Waals surface area (Å²) in [5, 5.41) is -0.0406. The molecule has 0 spiro atoms. The van der Waals surface area contributed by atoms with E-state index in [2.05, 4.69) is 12.6 Å². The van der Waals surface area contributed by atoms with Crippen LogP contribution in [0.4, 0.5) is 0 Å². The molecule has 0 saturated heterocycles. The molecule has 0 radical (unpaired) electrons. The fourth-order valence-corrected chi connectivity index (χ4v) is 1.60. The molecule has 0 saturated carbocycles. The molecule has 0 fully saturated rings. The lowest BCUT2D eigenvalue weighted by atomic mass is 9.82. The van der Waals surface area contributed by atoms with Crippen LogP contribution in [0, 0.1) is 5.41 Å². The molecule has 1 aromatic rings. The Balaban J connectivity index is 2.96. The smallest absolute Gasteiger partial charge is 0.136 e. The summed E-state index contributed by atoms with van der Waals surface area (Å²) in [5.74, 6) is 0.168. The molecule has 0 aliphatic rings. The number of carbonyl (C=O) groups excluding carboxylic acids is 1. The lowest BCUT2D eigenvalue weighted by molar-refractivity contribution is -0.124. The minimum Gasteiger partial charge on any atom is -0.299 e. The topological polar surface area (TPSA) is 17.1 Å². The number of hydrogen-bond acceptors (Lipinski definition) is 2. The van der Waals surface area contributed by atoms with E-state index in [4.69, 9.17) is 0 Å². The quantitative estimate of drug-likeness (QED) is 0.754. The molecular formula is C12H16OS. The second-order valence-electron chi connectivity index (χ2n) is 4.09. The van der Waals surface area contributed by atoms with Crippen LogP contribution in [0.3, 0.4) is 0 Å². The molecule has 0 aliphatic carbocycles. The van der Waals surface area contributed by atoms with Gasteiger partial charge in [-0.25, -0.2) is 0 Å². The maximum atomic E-state index is 11.4. The molecular weight excluding hydrogens is 192 g/mol. The average molecular weight is 208 g/mol. The Kier molecular flexibility index (Phi) is 3.38. The molecule has 2 heteroatoms. The van der Waals surface area contributed by atoms with E-state index in [1.807, 2.05) is 44.2 Å². The fraction of sp³-hybridized carbons (Fsp3) is 0.417. The Bertz CT molecular complexity index is 316. The van der Waals surface area contributed by atoms with E-state index >= 15 is 0 Å². The molecule has 1 rings (SSSR count). The molecule has 0 amide bonds. The third-order valence-electron chi connectivity index (χ3n) is 2.71. The number of rotatable bonds is 3. The van der Waals surface area contributed by atoms with Crippen LogP contribution >= 0.6 is 12.6 Å². The van der Waals surface area contributed by atoms with Crippen molar-refractivity contribution in [2.75, 3.05) is 0 Å². The van der Waals surface area contributed by atoms with Gasteiger partial charge in [0.05, 0.1) is 0 Å². The van der Waals surface area contributed by atoms with Crippen LogP contribution in [0.1, 0.15) is 31.6 Å². The number of benzene rings is 1. The molecule has 76 valence electrons. The molecule has 0 bridgehead atoms. The lowest BCUT2D eigenvalue weighted by Crippen LogP contribution is -2.26. The van der Waals surface area contributed by atoms with Gasteiger partial charge in [-0.05, 0) is 12.5 Å². The summed E-state index contributed by atoms with van der Waals surface area (Å²) in [7, 11) is 0. The maximum Gasteiger partial charge on any atom is 0.136 e. The molecule has 1 unspecified atom stereocenters. The molecule has 0 aromatic heterocycles. The van der Waals surface area contributed by atoms with Gasteiger partial charge >= 0.3 is 0 Å². The van der Waals surface area contributed by atoms with E-state index in [-0.39, 0.29) is 11.0 Å². The van der Waals surface area contributed by atoms with E-state index in [1.165, 1.54) is 0 Å². The first-order chi connectivity index (χ1) is 6.46. The molecule has 0 aliphatic heterocycles. The van der Waals surface area contributed by atoms with E-state index in [0.29, 0.717) is 0 Å². The molecule has 1 atom stereocenters. The van der Waals surface area contributed by atoms with E-state index in [9.17, 15) is 4.79 Å². The third kappa shape index (κ3) is 2.18. The Hall–Kier alpha value is -0.760. The minimum atomic E-state index is -0.412. The number of hydrogen-bond donors (Lipinski definition) is 1. The largest absolute Gasteiger partial charge is 0.299 e. The van der Waals surface area contributed by atoms with Crippen LogP contribution in [-0.4, -0.2) is 5.78 Å². The molecule has 0 N–H and O–H groups in total. The van der Waals surface area contributed by atoms with Crippen LogP contribution < -0.4 is 0 Å². The van der Waals surface area contributed by atoms with Crippen LogP contribution in [0.15, 0.2) is 30.3 Å². The zero-order valence-electron chi connectivity index (χ0n) is 8.82. The second-order valence-corrected chi connectivity index (χ2v) is 4.61. The first-order valence-corrected chi connectivity index (χ1v) is 5.22. The van der Waals surface area contributed by atoms with Gasteiger partial charge < -0.3 is 0 Å². The zero-order chi connectivity index (χ0) is 10.8. The number of carbonyl (C=O) groups is 1. The summed E-state index contributed by atoms with van der Waals surface area (Å²) in [6.07, 6.45) is 0. The van der Waals surface area contributed by atoms with E-state index in [0.717, 1.165) is 5.56 Å². The van der Waals surface area contributed by atoms with Crippen molar-refractivity contribution in [3.05, 3.63) is 35.9 Å². The third-order valence-corrected chi connectivity index (χ3v) is 3.65. The first-order valence-electron chi connectivity index (χ1n) is 4.70. The van der Waals surface area contributed by atoms with Crippen LogP contribution in [-0.2, 0) is 4.79 Å². The zero-order valence-corrected chi connectivity index (χ0v) is 9.71. The van der Waals surface area contributed by atoms with Crippen molar-refractivity contribution in [3.63, 3.8) is 0 Å². The van der Waals surface area contributed by atoms with E-state index < -0.39 is 5.41 Å². The van der Waals surface area contributed by atoms with Gasteiger partial charge in [0.15, 0.2) is 0 Å². The Morgan fingerprint density at radius 3 is 2.21 bits per heavy atom. The highest BCUT2D eigenvalue weighted by Gasteiger charge is 2.32. The number of ketones is 1. The SMILES string of the molecule is CC(=O)C(C)(C)C(S)c1ccccc1. The normalized spacial score (nSPS) is 13.7. The van der Waals surface area contributed by atoms with Crippen LogP contribution in [0.25, 0.3) is 0 Å². The predicted molar refractivity (Wildman–Crippen MR) is 62.6 cm³/mol. The highest BCUT2D eigenvalue weighted by molar-refractivity contribution is 7.80. The van der Waals surface area contributed by atoms with Gasteiger partial charge in [0.1, 0.15) is 5.78 Å². The molecule has 1 nitrogen and oxygen atoms in total. The van der Waals surface area contributed by atoms with Gasteiger partial charge in [0, 0.05) is 10.7 Å². The van der Waals surface area contributed by atoms with Crippen molar-refractivity contribution in [1.82, 2.24) is 0 Å².